The fraction of sp³-hybridized carbons (Fsp3) is 0.273. The predicted molar refractivity (Wildman–Crippen MR) is 70.0 cm³/mol. The van der Waals surface area contributed by atoms with E-state index in [9.17, 15) is 4.79 Å². The van der Waals surface area contributed by atoms with Crippen LogP contribution in [0.15, 0.2) is 27.2 Å². The summed E-state index contributed by atoms with van der Waals surface area (Å²) in [6, 6.07) is 1.38. The lowest BCUT2D eigenvalue weighted by Gasteiger charge is -2.09. The number of rotatable bonds is 3. The van der Waals surface area contributed by atoms with Crippen LogP contribution in [0.1, 0.15) is 11.4 Å². The second-order valence-corrected chi connectivity index (χ2v) is 4.62. The predicted octanol–water partition coefficient (Wildman–Crippen LogP) is 1.37. The molecule has 0 aromatic carbocycles. The van der Waals surface area contributed by atoms with E-state index in [2.05, 4.69) is 25.3 Å². The van der Waals surface area contributed by atoms with Gasteiger partial charge in [0.25, 0.3) is 5.56 Å². The van der Waals surface area contributed by atoms with E-state index in [1.165, 1.54) is 24.0 Å². The summed E-state index contributed by atoms with van der Waals surface area (Å²) in [4.78, 5) is 26.6. The average molecular weight is 263 g/mol. The molecule has 0 spiro atoms. The van der Waals surface area contributed by atoms with Crippen LogP contribution in [-0.4, -0.2) is 27.0 Å². The zero-order valence-electron chi connectivity index (χ0n) is 10.3. The SMILES string of the molecule is CNc1nc(C)nc(Sc2nccc(=O)[nH]2)c1C. The van der Waals surface area contributed by atoms with E-state index >= 15 is 0 Å². The summed E-state index contributed by atoms with van der Waals surface area (Å²) in [5.41, 5.74) is 0.754. The second kappa shape index (κ2) is 5.18. The van der Waals surface area contributed by atoms with Crippen LogP contribution in [0, 0.1) is 13.8 Å². The van der Waals surface area contributed by atoms with Crippen LogP contribution in [0.4, 0.5) is 5.82 Å². The average Bonchev–Trinajstić information content (AvgIpc) is 2.33. The number of aromatic amines is 1. The number of hydrogen-bond donors (Lipinski definition) is 2. The van der Waals surface area contributed by atoms with E-state index in [-0.39, 0.29) is 5.56 Å². The van der Waals surface area contributed by atoms with Gasteiger partial charge in [-0.25, -0.2) is 15.0 Å². The highest BCUT2D eigenvalue weighted by Gasteiger charge is 2.10. The van der Waals surface area contributed by atoms with Gasteiger partial charge in [-0.1, -0.05) is 0 Å². The molecule has 0 aliphatic rings. The molecule has 0 amide bonds. The van der Waals surface area contributed by atoms with Gasteiger partial charge in [0.2, 0.25) is 0 Å². The summed E-state index contributed by atoms with van der Waals surface area (Å²) in [6.07, 6.45) is 1.48. The highest BCUT2D eigenvalue weighted by atomic mass is 32.2. The molecule has 0 aliphatic carbocycles. The van der Waals surface area contributed by atoms with E-state index in [0.717, 1.165) is 16.4 Å². The van der Waals surface area contributed by atoms with Crippen molar-refractivity contribution in [1.29, 1.82) is 0 Å². The van der Waals surface area contributed by atoms with Crippen molar-refractivity contribution in [3.8, 4) is 0 Å². The molecule has 18 heavy (non-hydrogen) atoms. The normalized spacial score (nSPS) is 10.4. The Morgan fingerprint density at radius 3 is 2.78 bits per heavy atom. The molecule has 0 unspecified atom stereocenters. The van der Waals surface area contributed by atoms with Gasteiger partial charge in [-0.05, 0) is 25.6 Å². The first-order valence-electron chi connectivity index (χ1n) is 5.36. The minimum absolute atomic E-state index is 0.176. The molecule has 2 aromatic heterocycles. The van der Waals surface area contributed by atoms with Gasteiger partial charge < -0.3 is 10.3 Å². The Labute approximate surface area is 108 Å². The molecule has 2 aromatic rings. The van der Waals surface area contributed by atoms with E-state index in [4.69, 9.17) is 0 Å². The van der Waals surface area contributed by atoms with E-state index in [1.54, 1.807) is 0 Å². The minimum Gasteiger partial charge on any atom is -0.373 e. The van der Waals surface area contributed by atoms with Crippen LogP contribution in [0.25, 0.3) is 0 Å². The van der Waals surface area contributed by atoms with E-state index in [1.807, 2.05) is 20.9 Å². The Balaban J connectivity index is 2.40. The fourth-order valence-corrected chi connectivity index (χ4v) is 2.32. The lowest BCUT2D eigenvalue weighted by atomic mass is 10.3. The van der Waals surface area contributed by atoms with Crippen LogP contribution in [0.2, 0.25) is 0 Å². The van der Waals surface area contributed by atoms with Crippen molar-refractivity contribution in [2.24, 2.45) is 0 Å². The molecular formula is C11H13N5OS. The summed E-state index contributed by atoms with van der Waals surface area (Å²) >= 11 is 1.31. The Bertz CT molecular complexity index is 625. The van der Waals surface area contributed by atoms with Crippen molar-refractivity contribution in [1.82, 2.24) is 19.9 Å². The number of aryl methyl sites for hydroxylation is 1. The Morgan fingerprint density at radius 1 is 1.33 bits per heavy atom. The van der Waals surface area contributed by atoms with Crippen molar-refractivity contribution in [3.05, 3.63) is 34.0 Å². The number of H-pyrrole nitrogens is 1. The third-order valence-electron chi connectivity index (χ3n) is 2.29. The number of nitrogens with zero attached hydrogens (tertiary/aromatic N) is 3. The summed E-state index contributed by atoms with van der Waals surface area (Å²) in [7, 11) is 1.81. The highest BCUT2D eigenvalue weighted by Crippen LogP contribution is 2.28. The van der Waals surface area contributed by atoms with Crippen molar-refractivity contribution >= 4 is 17.6 Å². The minimum atomic E-state index is -0.176. The maximum absolute atomic E-state index is 11.2. The number of anilines is 1. The molecule has 0 fully saturated rings. The maximum Gasteiger partial charge on any atom is 0.251 e. The van der Waals surface area contributed by atoms with Crippen LogP contribution < -0.4 is 10.9 Å². The van der Waals surface area contributed by atoms with Crippen molar-refractivity contribution in [3.63, 3.8) is 0 Å². The Kier molecular flexibility index (Phi) is 3.61. The molecule has 6 nitrogen and oxygen atoms in total. The first-order chi connectivity index (χ1) is 8.60. The Hall–Kier alpha value is -1.89. The molecule has 94 valence electrons. The summed E-state index contributed by atoms with van der Waals surface area (Å²) in [5.74, 6) is 1.45. The number of nitrogens with one attached hydrogen (secondary N) is 2. The standard InChI is InChI=1S/C11H13N5OS/c1-6-9(12-3)14-7(2)15-10(6)18-11-13-5-4-8(17)16-11/h4-5H,1-3H3,(H,12,14,15)(H,13,16,17). The molecule has 2 heterocycles. The quantitative estimate of drug-likeness (QED) is 0.643. The zero-order valence-corrected chi connectivity index (χ0v) is 11.1. The number of hydrogen-bond acceptors (Lipinski definition) is 6. The van der Waals surface area contributed by atoms with Gasteiger partial charge in [-0.3, -0.25) is 4.79 Å². The largest absolute Gasteiger partial charge is 0.373 e. The second-order valence-electron chi connectivity index (χ2n) is 3.64. The van der Waals surface area contributed by atoms with Crippen LogP contribution in [0.5, 0.6) is 0 Å². The van der Waals surface area contributed by atoms with Crippen LogP contribution in [-0.2, 0) is 0 Å². The monoisotopic (exact) mass is 263 g/mol. The van der Waals surface area contributed by atoms with Crippen molar-refractivity contribution in [2.75, 3.05) is 12.4 Å². The third kappa shape index (κ3) is 2.67. The topological polar surface area (TPSA) is 83.6 Å². The maximum atomic E-state index is 11.2. The molecule has 0 aliphatic heterocycles. The fourth-order valence-electron chi connectivity index (χ4n) is 1.44. The molecule has 2 N–H and O–H groups in total. The van der Waals surface area contributed by atoms with Gasteiger partial charge in [0.1, 0.15) is 16.7 Å². The smallest absolute Gasteiger partial charge is 0.251 e. The zero-order chi connectivity index (χ0) is 13.1. The third-order valence-corrected chi connectivity index (χ3v) is 3.28. The van der Waals surface area contributed by atoms with Gasteiger partial charge in [0, 0.05) is 24.9 Å². The molecule has 7 heteroatoms. The Morgan fingerprint density at radius 2 is 2.11 bits per heavy atom. The van der Waals surface area contributed by atoms with Gasteiger partial charge in [-0.2, -0.15) is 0 Å². The molecule has 0 saturated carbocycles. The lowest BCUT2D eigenvalue weighted by Crippen LogP contribution is -2.06. The van der Waals surface area contributed by atoms with Gasteiger partial charge in [0.15, 0.2) is 5.16 Å². The molecule has 2 rings (SSSR count). The number of aromatic nitrogens is 4. The first-order valence-corrected chi connectivity index (χ1v) is 6.18. The molecule has 0 saturated heterocycles. The van der Waals surface area contributed by atoms with Crippen molar-refractivity contribution < 1.29 is 0 Å². The first kappa shape index (κ1) is 12.6. The van der Waals surface area contributed by atoms with E-state index in [0.29, 0.717) is 11.0 Å². The molecule has 0 bridgehead atoms. The summed E-state index contributed by atoms with van der Waals surface area (Å²) < 4.78 is 0. The van der Waals surface area contributed by atoms with Gasteiger partial charge in [0.05, 0.1) is 0 Å². The highest BCUT2D eigenvalue weighted by molar-refractivity contribution is 7.99. The van der Waals surface area contributed by atoms with Crippen LogP contribution in [0.3, 0.4) is 0 Å². The lowest BCUT2D eigenvalue weighted by molar-refractivity contribution is 0.909. The summed E-state index contributed by atoms with van der Waals surface area (Å²) in [5, 5.41) is 4.31. The van der Waals surface area contributed by atoms with E-state index < -0.39 is 0 Å². The summed E-state index contributed by atoms with van der Waals surface area (Å²) in [6.45, 7) is 3.75. The van der Waals surface area contributed by atoms with Gasteiger partial charge in [-0.15, -0.1) is 0 Å². The molecular weight excluding hydrogens is 250 g/mol. The van der Waals surface area contributed by atoms with Crippen LogP contribution >= 0.6 is 11.8 Å². The molecule has 0 radical (unpaired) electrons. The van der Waals surface area contributed by atoms with Gasteiger partial charge >= 0.3 is 0 Å². The van der Waals surface area contributed by atoms with Crippen molar-refractivity contribution in [2.45, 2.75) is 24.0 Å². The molecule has 0 atom stereocenters.